The van der Waals surface area contributed by atoms with Crippen molar-refractivity contribution in [1.82, 2.24) is 9.97 Å². The molecule has 0 saturated heterocycles. The van der Waals surface area contributed by atoms with Gasteiger partial charge in [0.05, 0.1) is 6.20 Å². The van der Waals surface area contributed by atoms with E-state index >= 15 is 0 Å². The predicted molar refractivity (Wildman–Crippen MR) is 113 cm³/mol. The third-order valence-electron chi connectivity index (χ3n) is 7.50. The third kappa shape index (κ3) is 3.72. The van der Waals surface area contributed by atoms with Crippen molar-refractivity contribution < 1.29 is 8.78 Å². The van der Waals surface area contributed by atoms with Gasteiger partial charge in [0.1, 0.15) is 29.1 Å². The zero-order chi connectivity index (χ0) is 21.6. The number of nitriles is 1. The minimum atomic E-state index is -0.625. The molecule has 0 radical (unpaired) electrons. The molecule has 31 heavy (non-hydrogen) atoms. The van der Waals surface area contributed by atoms with E-state index in [1.807, 2.05) is 0 Å². The number of nitrogens with zero attached hydrogens (tertiary/aromatic N) is 3. The minimum Gasteiger partial charge on any atom is -0.368 e. The first-order valence-corrected chi connectivity index (χ1v) is 10.9. The highest BCUT2D eigenvalue weighted by Crippen LogP contribution is 2.59. The van der Waals surface area contributed by atoms with Crippen LogP contribution in [0.15, 0.2) is 24.4 Å². The fourth-order valence-electron chi connectivity index (χ4n) is 6.27. The maximum absolute atomic E-state index is 13.9. The van der Waals surface area contributed by atoms with E-state index in [4.69, 9.17) is 5.73 Å². The Morgan fingerprint density at radius 3 is 2.52 bits per heavy atom. The average molecular weight is 424 g/mol. The van der Waals surface area contributed by atoms with E-state index in [0.717, 1.165) is 25.3 Å². The summed E-state index contributed by atoms with van der Waals surface area (Å²) in [5.41, 5.74) is 6.93. The van der Waals surface area contributed by atoms with Crippen LogP contribution in [0.4, 0.5) is 20.5 Å². The van der Waals surface area contributed by atoms with Crippen molar-refractivity contribution in [3.8, 4) is 6.07 Å². The first-order valence-electron chi connectivity index (χ1n) is 10.9. The Morgan fingerprint density at radius 2 is 1.84 bits per heavy atom. The van der Waals surface area contributed by atoms with E-state index in [0.29, 0.717) is 29.3 Å². The molecule has 8 heteroatoms. The van der Waals surface area contributed by atoms with Gasteiger partial charge in [0, 0.05) is 24.7 Å². The van der Waals surface area contributed by atoms with Crippen molar-refractivity contribution >= 4 is 11.8 Å². The molecule has 1 aromatic carbocycles. The molecule has 2 aromatic rings. The van der Waals surface area contributed by atoms with E-state index in [9.17, 15) is 14.0 Å². The maximum Gasteiger partial charge on any atom is 0.224 e. The van der Waals surface area contributed by atoms with Crippen molar-refractivity contribution in [2.45, 2.75) is 44.7 Å². The smallest absolute Gasteiger partial charge is 0.224 e. The Labute approximate surface area is 180 Å². The number of benzene rings is 1. The molecular weight excluding hydrogens is 398 g/mol. The Hall–Kier alpha value is -2.79. The van der Waals surface area contributed by atoms with Crippen LogP contribution in [0.1, 0.15) is 43.2 Å². The molecule has 4 saturated carbocycles. The third-order valence-corrected chi connectivity index (χ3v) is 7.50. The number of hydrogen-bond acceptors (Lipinski definition) is 6. The molecule has 4 bridgehead atoms. The first kappa shape index (κ1) is 20.1. The molecular formula is C23H26F2N6. The molecule has 0 aliphatic heterocycles. The van der Waals surface area contributed by atoms with Gasteiger partial charge >= 0.3 is 0 Å². The molecule has 0 spiro atoms. The van der Waals surface area contributed by atoms with Crippen LogP contribution in [-0.4, -0.2) is 22.6 Å². The van der Waals surface area contributed by atoms with E-state index < -0.39 is 11.6 Å². The summed E-state index contributed by atoms with van der Waals surface area (Å²) in [5, 5.41) is 15.7. The number of hydrogen-bond donors (Lipinski definition) is 3. The van der Waals surface area contributed by atoms with Crippen LogP contribution >= 0.6 is 0 Å². The second-order valence-corrected chi connectivity index (χ2v) is 9.52. The normalized spacial score (nSPS) is 30.8. The fourth-order valence-corrected chi connectivity index (χ4v) is 6.27. The average Bonchev–Trinajstić information content (AvgIpc) is 2.75. The van der Waals surface area contributed by atoms with Crippen molar-refractivity contribution in [2.75, 3.05) is 17.2 Å². The summed E-state index contributed by atoms with van der Waals surface area (Å²) in [5.74, 6) is 1.38. The predicted octanol–water partition coefficient (Wildman–Crippen LogP) is 3.80. The summed E-state index contributed by atoms with van der Waals surface area (Å²) >= 11 is 0. The minimum absolute atomic E-state index is 0.0742. The van der Waals surface area contributed by atoms with Crippen molar-refractivity contribution in [1.29, 1.82) is 5.26 Å². The SMILES string of the molecule is N#Cc1cnc(NCc2c(F)cccc2F)nc1NCC12CC3C[C@H](C1)C(N)[C@@H](C3)C2. The highest BCUT2D eigenvalue weighted by atomic mass is 19.1. The summed E-state index contributed by atoms with van der Waals surface area (Å²) < 4.78 is 27.7. The zero-order valence-corrected chi connectivity index (χ0v) is 17.2. The number of halogens is 2. The fraction of sp³-hybridized carbons (Fsp3) is 0.522. The quantitative estimate of drug-likeness (QED) is 0.652. The number of nitrogens with two attached hydrogens (primary N) is 1. The zero-order valence-electron chi connectivity index (χ0n) is 17.2. The van der Waals surface area contributed by atoms with Gasteiger partial charge in [-0.1, -0.05) is 6.07 Å². The van der Waals surface area contributed by atoms with E-state index in [1.54, 1.807) is 0 Å². The molecule has 162 valence electrons. The number of anilines is 2. The highest BCUT2D eigenvalue weighted by Gasteiger charge is 2.54. The molecule has 0 amide bonds. The van der Waals surface area contributed by atoms with Crippen LogP contribution in [-0.2, 0) is 6.54 Å². The van der Waals surface area contributed by atoms with Crippen LogP contribution in [0.3, 0.4) is 0 Å². The lowest BCUT2D eigenvalue weighted by molar-refractivity contribution is -0.0591. The van der Waals surface area contributed by atoms with Crippen LogP contribution in [0.2, 0.25) is 0 Å². The number of aromatic nitrogens is 2. The molecule has 6 nitrogen and oxygen atoms in total. The van der Waals surface area contributed by atoms with Crippen LogP contribution < -0.4 is 16.4 Å². The topological polar surface area (TPSA) is 99.6 Å². The van der Waals surface area contributed by atoms with Crippen LogP contribution in [0.5, 0.6) is 0 Å². The monoisotopic (exact) mass is 424 g/mol. The molecule has 4 aliphatic carbocycles. The second-order valence-electron chi connectivity index (χ2n) is 9.52. The summed E-state index contributed by atoms with van der Waals surface area (Å²) in [6.45, 7) is 0.660. The molecule has 6 rings (SSSR count). The highest BCUT2D eigenvalue weighted by molar-refractivity contribution is 5.53. The second kappa shape index (κ2) is 7.72. The molecule has 4 N–H and O–H groups in total. The largest absolute Gasteiger partial charge is 0.368 e. The Kier molecular flexibility index (Phi) is 5.01. The Bertz CT molecular complexity index is 999. The lowest BCUT2D eigenvalue weighted by atomic mass is 9.48. The van der Waals surface area contributed by atoms with Gasteiger partial charge in [-0.2, -0.15) is 10.2 Å². The Morgan fingerprint density at radius 1 is 1.13 bits per heavy atom. The molecule has 3 unspecified atom stereocenters. The molecule has 4 aliphatic rings. The maximum atomic E-state index is 13.9. The van der Waals surface area contributed by atoms with Crippen molar-refractivity contribution in [2.24, 2.45) is 28.9 Å². The van der Waals surface area contributed by atoms with E-state index in [2.05, 4.69) is 26.7 Å². The van der Waals surface area contributed by atoms with Gasteiger partial charge < -0.3 is 16.4 Å². The lowest BCUT2D eigenvalue weighted by Crippen LogP contribution is -2.58. The van der Waals surface area contributed by atoms with Gasteiger partial charge in [0.15, 0.2) is 0 Å². The van der Waals surface area contributed by atoms with Gasteiger partial charge in [0.2, 0.25) is 5.95 Å². The van der Waals surface area contributed by atoms with E-state index in [-0.39, 0.29) is 23.5 Å². The van der Waals surface area contributed by atoms with Crippen molar-refractivity contribution in [3.05, 3.63) is 47.2 Å². The summed E-state index contributed by atoms with van der Waals surface area (Å²) in [7, 11) is 0. The number of nitrogens with one attached hydrogen (secondary N) is 2. The Balaban J connectivity index is 1.30. The summed E-state index contributed by atoms with van der Waals surface area (Å²) in [6.07, 6.45) is 7.38. The van der Waals surface area contributed by atoms with Gasteiger partial charge in [-0.25, -0.2) is 13.8 Å². The van der Waals surface area contributed by atoms with Gasteiger partial charge in [-0.05, 0) is 67.4 Å². The summed E-state index contributed by atoms with van der Waals surface area (Å²) in [6, 6.07) is 6.20. The van der Waals surface area contributed by atoms with Crippen LogP contribution in [0, 0.1) is 46.1 Å². The summed E-state index contributed by atoms with van der Waals surface area (Å²) in [4.78, 5) is 8.55. The van der Waals surface area contributed by atoms with Gasteiger partial charge in [-0.15, -0.1) is 0 Å². The van der Waals surface area contributed by atoms with E-state index in [1.165, 1.54) is 43.7 Å². The molecule has 1 heterocycles. The molecule has 4 fully saturated rings. The van der Waals surface area contributed by atoms with Crippen LogP contribution in [0.25, 0.3) is 0 Å². The molecule has 1 aromatic heterocycles. The van der Waals surface area contributed by atoms with Gasteiger partial charge in [-0.3, -0.25) is 0 Å². The van der Waals surface area contributed by atoms with Crippen molar-refractivity contribution in [3.63, 3.8) is 0 Å². The first-order chi connectivity index (χ1) is 15.0. The molecule has 5 atom stereocenters. The van der Waals surface area contributed by atoms with Gasteiger partial charge in [0.25, 0.3) is 0 Å². The number of rotatable bonds is 6. The lowest BCUT2D eigenvalue weighted by Gasteiger charge is -2.59. The standard InChI is InChI=1S/C23H26F2N6/c24-18-2-1-3-19(25)17(18)11-29-22-28-10-16(9-26)21(31-22)30-12-23-6-13-4-14(7-23)20(27)15(5-13)8-23/h1-3,10,13-15,20H,4-8,11-12,27H2,(H2,28,29,30,31)/t13?,14-,15+,20?,23?.